The lowest BCUT2D eigenvalue weighted by Crippen LogP contribution is -2.43. The second-order valence-electron chi connectivity index (χ2n) is 4.54. The van der Waals surface area contributed by atoms with Crippen LogP contribution < -0.4 is 4.90 Å². The third kappa shape index (κ3) is 3.66. The van der Waals surface area contributed by atoms with Crippen molar-refractivity contribution in [3.8, 4) is 0 Å². The molecule has 1 aromatic heterocycles. The summed E-state index contributed by atoms with van der Waals surface area (Å²) in [6.07, 6.45) is 0. The van der Waals surface area contributed by atoms with Crippen molar-refractivity contribution >= 4 is 28.4 Å². The zero-order valence-corrected chi connectivity index (χ0v) is 12.2. The van der Waals surface area contributed by atoms with Gasteiger partial charge in [-0.25, -0.2) is 9.78 Å². The number of carboxylic acid groups (broad SMARTS) is 2. The molecule has 0 radical (unpaired) electrons. The second-order valence-corrected chi connectivity index (χ2v) is 5.73. The number of aliphatic carboxylic acids is 2. The van der Waals surface area contributed by atoms with Crippen LogP contribution in [0.25, 0.3) is 0 Å². The smallest absolute Gasteiger partial charge is 0.326 e. The maximum absolute atomic E-state index is 11.1. The van der Waals surface area contributed by atoms with E-state index in [0.29, 0.717) is 5.13 Å². The molecule has 2 unspecified atom stereocenters. The van der Waals surface area contributed by atoms with Crippen LogP contribution >= 0.6 is 11.3 Å². The van der Waals surface area contributed by atoms with Crippen molar-refractivity contribution < 1.29 is 19.8 Å². The molecule has 2 N–H and O–H groups in total. The van der Waals surface area contributed by atoms with Crippen molar-refractivity contribution in [1.29, 1.82) is 0 Å². The quantitative estimate of drug-likeness (QED) is 0.828. The Hall–Kier alpha value is -1.63. The minimum absolute atomic E-state index is 0.120. The summed E-state index contributed by atoms with van der Waals surface area (Å²) < 4.78 is 0. The molecule has 0 aliphatic carbocycles. The molecule has 0 saturated heterocycles. The molecule has 0 bridgehead atoms. The molecule has 2 atom stereocenters. The average molecular weight is 286 g/mol. The number of rotatable bonds is 6. The Morgan fingerprint density at radius 3 is 2.21 bits per heavy atom. The summed E-state index contributed by atoms with van der Waals surface area (Å²) in [6.45, 7) is 6.95. The first-order valence-electron chi connectivity index (χ1n) is 5.90. The van der Waals surface area contributed by atoms with Gasteiger partial charge in [0.15, 0.2) is 5.13 Å². The van der Waals surface area contributed by atoms with Crippen molar-refractivity contribution in [3.63, 3.8) is 0 Å². The van der Waals surface area contributed by atoms with Gasteiger partial charge in [-0.3, -0.25) is 4.79 Å². The van der Waals surface area contributed by atoms with Gasteiger partial charge in [0, 0.05) is 11.4 Å². The Morgan fingerprint density at radius 2 is 1.84 bits per heavy atom. The maximum atomic E-state index is 11.1. The van der Waals surface area contributed by atoms with Gasteiger partial charge in [-0.15, -0.1) is 11.3 Å². The van der Waals surface area contributed by atoms with Gasteiger partial charge in [0.25, 0.3) is 0 Å². The Labute approximate surface area is 115 Å². The van der Waals surface area contributed by atoms with Crippen LogP contribution in [-0.2, 0) is 9.59 Å². The summed E-state index contributed by atoms with van der Waals surface area (Å²) >= 11 is 1.38. The molecular weight excluding hydrogens is 268 g/mol. The normalized spacial score (nSPS) is 13.9. The molecule has 0 spiro atoms. The van der Waals surface area contributed by atoms with Crippen molar-refractivity contribution in [2.45, 2.75) is 33.7 Å². The van der Waals surface area contributed by atoms with Crippen LogP contribution in [0.3, 0.4) is 0 Å². The molecule has 1 heterocycles. The summed E-state index contributed by atoms with van der Waals surface area (Å²) in [4.78, 5) is 28.9. The molecule has 19 heavy (non-hydrogen) atoms. The first-order valence-corrected chi connectivity index (χ1v) is 6.72. The highest BCUT2D eigenvalue weighted by atomic mass is 32.1. The Morgan fingerprint density at radius 1 is 1.26 bits per heavy atom. The van der Waals surface area contributed by atoms with E-state index >= 15 is 0 Å². The number of hydrogen-bond acceptors (Lipinski definition) is 5. The molecule has 6 nitrogen and oxygen atoms in total. The van der Waals surface area contributed by atoms with E-state index in [9.17, 15) is 9.59 Å². The number of carbonyl (C=O) groups is 2. The molecule has 0 aliphatic rings. The zero-order valence-electron chi connectivity index (χ0n) is 11.4. The summed E-state index contributed by atoms with van der Waals surface area (Å²) in [5, 5.41) is 18.6. The number of aromatic nitrogens is 1. The van der Waals surface area contributed by atoms with Crippen LogP contribution in [0.5, 0.6) is 0 Å². The van der Waals surface area contributed by atoms with Gasteiger partial charge in [0.1, 0.15) is 6.04 Å². The molecular formula is C12H18N2O4S. The fourth-order valence-electron chi connectivity index (χ4n) is 1.49. The maximum Gasteiger partial charge on any atom is 0.326 e. The Kier molecular flexibility index (Phi) is 4.88. The number of nitrogens with zero attached hydrogens (tertiary/aromatic N) is 2. The van der Waals surface area contributed by atoms with E-state index in [1.165, 1.54) is 23.2 Å². The first-order chi connectivity index (χ1) is 8.73. The first kappa shape index (κ1) is 15.4. The van der Waals surface area contributed by atoms with E-state index in [2.05, 4.69) is 4.98 Å². The predicted molar refractivity (Wildman–Crippen MR) is 72.8 cm³/mol. The van der Waals surface area contributed by atoms with Crippen molar-refractivity contribution in [3.05, 3.63) is 10.6 Å². The molecule has 0 fully saturated rings. The lowest BCUT2D eigenvalue weighted by Gasteiger charge is -2.27. The second kappa shape index (κ2) is 6.01. The number of carboxylic acids is 2. The molecule has 0 amide bonds. The van der Waals surface area contributed by atoms with E-state index in [0.717, 1.165) is 10.6 Å². The van der Waals surface area contributed by atoms with Gasteiger partial charge >= 0.3 is 11.9 Å². The lowest BCUT2D eigenvalue weighted by atomic mass is 10.1. The monoisotopic (exact) mass is 286 g/mol. The molecule has 7 heteroatoms. The van der Waals surface area contributed by atoms with Crippen molar-refractivity contribution in [2.24, 2.45) is 5.92 Å². The predicted octanol–water partition coefficient (Wildman–Crippen LogP) is 1.76. The van der Waals surface area contributed by atoms with Crippen molar-refractivity contribution in [2.75, 3.05) is 11.4 Å². The van der Waals surface area contributed by atoms with Gasteiger partial charge < -0.3 is 15.1 Å². The van der Waals surface area contributed by atoms with Crippen LogP contribution in [0.4, 0.5) is 5.13 Å². The minimum atomic E-state index is -0.997. The van der Waals surface area contributed by atoms with Crippen LogP contribution in [0.2, 0.25) is 0 Å². The zero-order chi connectivity index (χ0) is 14.7. The number of aryl methyl sites for hydroxylation is 2. The van der Waals surface area contributed by atoms with E-state index in [1.54, 1.807) is 6.92 Å². The van der Waals surface area contributed by atoms with Gasteiger partial charge in [-0.1, -0.05) is 6.92 Å². The molecule has 0 aliphatic heterocycles. The topological polar surface area (TPSA) is 90.7 Å². The van der Waals surface area contributed by atoms with Gasteiger partial charge in [-0.05, 0) is 20.8 Å². The number of hydrogen-bond donors (Lipinski definition) is 2. The van der Waals surface area contributed by atoms with E-state index in [4.69, 9.17) is 10.2 Å². The molecule has 106 valence electrons. The van der Waals surface area contributed by atoms with Crippen LogP contribution in [0.1, 0.15) is 24.4 Å². The third-order valence-corrected chi connectivity index (χ3v) is 4.09. The number of thiazole rings is 1. The summed E-state index contributed by atoms with van der Waals surface area (Å²) in [5.41, 5.74) is 0.838. The highest BCUT2D eigenvalue weighted by molar-refractivity contribution is 7.15. The van der Waals surface area contributed by atoms with Gasteiger partial charge in [-0.2, -0.15) is 0 Å². The highest BCUT2D eigenvalue weighted by Gasteiger charge is 2.27. The van der Waals surface area contributed by atoms with Gasteiger partial charge in [0.05, 0.1) is 11.6 Å². The molecule has 1 aromatic rings. The largest absolute Gasteiger partial charge is 0.481 e. The molecule has 0 saturated carbocycles. The fraction of sp³-hybridized carbons (Fsp3) is 0.583. The molecule has 0 aromatic carbocycles. The Balaban J connectivity index is 3.05. The number of anilines is 1. The van der Waals surface area contributed by atoms with Crippen LogP contribution in [0, 0.1) is 19.8 Å². The minimum Gasteiger partial charge on any atom is -0.481 e. The SMILES string of the molecule is Cc1nc(N(CC(C)C(=O)O)C(C)C(=O)O)sc1C. The van der Waals surface area contributed by atoms with Crippen molar-refractivity contribution in [1.82, 2.24) is 4.98 Å². The van der Waals surface area contributed by atoms with Crippen LogP contribution in [-0.4, -0.2) is 39.7 Å². The summed E-state index contributed by atoms with van der Waals surface area (Å²) in [7, 11) is 0. The van der Waals surface area contributed by atoms with Gasteiger partial charge in [0.2, 0.25) is 0 Å². The van der Waals surface area contributed by atoms with E-state index < -0.39 is 23.9 Å². The Bertz CT molecular complexity index is 467. The summed E-state index contributed by atoms with van der Waals surface area (Å²) in [5.74, 6) is -2.61. The summed E-state index contributed by atoms with van der Waals surface area (Å²) in [6, 6.07) is -0.813. The fourth-order valence-corrected chi connectivity index (χ4v) is 2.49. The van der Waals surface area contributed by atoms with E-state index in [1.807, 2.05) is 13.8 Å². The highest BCUT2D eigenvalue weighted by Crippen LogP contribution is 2.27. The lowest BCUT2D eigenvalue weighted by molar-refractivity contribution is -0.142. The average Bonchev–Trinajstić information content (AvgIpc) is 2.64. The van der Waals surface area contributed by atoms with Crippen LogP contribution in [0.15, 0.2) is 0 Å². The van der Waals surface area contributed by atoms with E-state index in [-0.39, 0.29) is 6.54 Å². The standard InChI is InChI=1S/C12H18N2O4S/c1-6(10(15)16)5-14(8(3)11(17)18)12-13-7(2)9(4)19-12/h6,8H,5H2,1-4H3,(H,15,16)(H,17,18). The molecule has 1 rings (SSSR count). The third-order valence-electron chi connectivity index (χ3n) is 2.98.